The molecule has 0 saturated heterocycles. The Bertz CT molecular complexity index is 395. The summed E-state index contributed by atoms with van der Waals surface area (Å²) in [7, 11) is 5.67. The van der Waals surface area contributed by atoms with E-state index in [0.29, 0.717) is 0 Å². The number of ether oxygens (including phenoxy) is 1. The van der Waals surface area contributed by atoms with Gasteiger partial charge in [0.15, 0.2) is 0 Å². The van der Waals surface area contributed by atoms with Crippen molar-refractivity contribution in [3.05, 3.63) is 29.8 Å². The van der Waals surface area contributed by atoms with Crippen molar-refractivity contribution >= 4 is 0 Å². The number of hydrogen-bond donors (Lipinski definition) is 0. The maximum absolute atomic E-state index is 9.23. The van der Waals surface area contributed by atoms with Gasteiger partial charge in [-0.2, -0.15) is 5.26 Å². The van der Waals surface area contributed by atoms with Crippen molar-refractivity contribution < 1.29 is 4.74 Å². The molecule has 17 heavy (non-hydrogen) atoms. The summed E-state index contributed by atoms with van der Waals surface area (Å²) in [6.07, 6.45) is 0.844. The molecule has 0 spiro atoms. The SMILES string of the molecule is CCC(C#N)C(c1cccc(OC)c1)N(C)C. The van der Waals surface area contributed by atoms with Crippen molar-refractivity contribution in [2.24, 2.45) is 5.92 Å². The number of rotatable bonds is 5. The Kier molecular flexibility index (Phi) is 4.99. The maximum atomic E-state index is 9.23. The van der Waals surface area contributed by atoms with Crippen LogP contribution in [-0.4, -0.2) is 26.1 Å². The Hall–Kier alpha value is -1.53. The van der Waals surface area contributed by atoms with E-state index in [1.807, 2.05) is 45.3 Å². The molecule has 0 aliphatic carbocycles. The van der Waals surface area contributed by atoms with Crippen LogP contribution in [0.4, 0.5) is 0 Å². The molecule has 0 aliphatic rings. The van der Waals surface area contributed by atoms with E-state index < -0.39 is 0 Å². The Morgan fingerprint density at radius 3 is 2.59 bits per heavy atom. The molecule has 0 fully saturated rings. The molecule has 1 aromatic rings. The first-order chi connectivity index (χ1) is 8.13. The second-order valence-corrected chi connectivity index (χ2v) is 4.33. The minimum atomic E-state index is -0.00268. The molecule has 2 atom stereocenters. The molecule has 1 rings (SSSR count). The molecule has 3 nitrogen and oxygen atoms in total. The van der Waals surface area contributed by atoms with E-state index in [-0.39, 0.29) is 12.0 Å². The van der Waals surface area contributed by atoms with E-state index in [2.05, 4.69) is 11.0 Å². The van der Waals surface area contributed by atoms with Gasteiger partial charge in [0.05, 0.1) is 25.1 Å². The van der Waals surface area contributed by atoms with Crippen LogP contribution in [0.2, 0.25) is 0 Å². The number of nitriles is 1. The van der Waals surface area contributed by atoms with E-state index in [0.717, 1.165) is 17.7 Å². The summed E-state index contributed by atoms with van der Waals surface area (Å²) in [6, 6.07) is 10.4. The molecule has 2 unspecified atom stereocenters. The summed E-state index contributed by atoms with van der Waals surface area (Å²) >= 11 is 0. The third-order valence-electron chi connectivity index (χ3n) is 2.98. The first kappa shape index (κ1) is 13.5. The second-order valence-electron chi connectivity index (χ2n) is 4.33. The van der Waals surface area contributed by atoms with E-state index in [9.17, 15) is 5.26 Å². The minimum Gasteiger partial charge on any atom is -0.497 e. The summed E-state index contributed by atoms with van der Waals surface area (Å²) < 4.78 is 5.23. The number of hydrogen-bond acceptors (Lipinski definition) is 3. The highest BCUT2D eigenvalue weighted by atomic mass is 16.5. The predicted molar refractivity (Wildman–Crippen MR) is 68.8 cm³/mol. The summed E-state index contributed by atoms with van der Waals surface area (Å²) in [6.45, 7) is 2.05. The maximum Gasteiger partial charge on any atom is 0.119 e. The molecule has 0 bridgehead atoms. The third kappa shape index (κ3) is 3.21. The monoisotopic (exact) mass is 232 g/mol. The van der Waals surface area contributed by atoms with E-state index in [1.54, 1.807) is 7.11 Å². The van der Waals surface area contributed by atoms with Crippen molar-refractivity contribution in [1.82, 2.24) is 4.90 Å². The fraction of sp³-hybridized carbons (Fsp3) is 0.500. The highest BCUT2D eigenvalue weighted by Crippen LogP contribution is 2.30. The van der Waals surface area contributed by atoms with Crippen LogP contribution in [-0.2, 0) is 0 Å². The Morgan fingerprint density at radius 2 is 2.12 bits per heavy atom. The topological polar surface area (TPSA) is 36.3 Å². The molecular weight excluding hydrogens is 212 g/mol. The zero-order chi connectivity index (χ0) is 12.8. The molecule has 92 valence electrons. The molecule has 0 radical (unpaired) electrons. The molecule has 0 saturated carbocycles. The van der Waals surface area contributed by atoms with Gasteiger partial charge in [0.2, 0.25) is 0 Å². The molecule has 0 amide bonds. The Labute approximate surface area is 104 Å². The van der Waals surface area contributed by atoms with Crippen molar-refractivity contribution in [2.75, 3.05) is 21.2 Å². The van der Waals surface area contributed by atoms with Gasteiger partial charge in [0.25, 0.3) is 0 Å². The quantitative estimate of drug-likeness (QED) is 0.783. The summed E-state index contributed by atoms with van der Waals surface area (Å²) in [5.41, 5.74) is 1.13. The van der Waals surface area contributed by atoms with Crippen LogP contribution in [0, 0.1) is 17.2 Å². The fourth-order valence-electron chi connectivity index (χ4n) is 2.10. The van der Waals surface area contributed by atoms with Gasteiger partial charge < -0.3 is 9.64 Å². The summed E-state index contributed by atoms with van der Waals surface area (Å²) in [5, 5.41) is 9.23. The van der Waals surface area contributed by atoms with Crippen LogP contribution >= 0.6 is 0 Å². The zero-order valence-electron chi connectivity index (χ0n) is 11.0. The van der Waals surface area contributed by atoms with Gasteiger partial charge in [-0.15, -0.1) is 0 Å². The summed E-state index contributed by atoms with van der Waals surface area (Å²) in [5.74, 6) is 0.833. The number of nitrogens with zero attached hydrogens (tertiary/aromatic N) is 2. The average Bonchev–Trinajstić information content (AvgIpc) is 2.35. The van der Waals surface area contributed by atoms with Crippen molar-refractivity contribution in [2.45, 2.75) is 19.4 Å². The Morgan fingerprint density at radius 1 is 1.41 bits per heavy atom. The largest absolute Gasteiger partial charge is 0.497 e. The van der Waals surface area contributed by atoms with E-state index in [4.69, 9.17) is 4.74 Å². The van der Waals surface area contributed by atoms with Crippen molar-refractivity contribution in [1.29, 1.82) is 5.26 Å². The molecule has 3 heteroatoms. The van der Waals surface area contributed by atoms with Gasteiger partial charge in [-0.3, -0.25) is 0 Å². The number of benzene rings is 1. The Balaban J connectivity index is 3.09. The average molecular weight is 232 g/mol. The molecule has 0 N–H and O–H groups in total. The van der Waals surface area contributed by atoms with Gasteiger partial charge in [-0.1, -0.05) is 19.1 Å². The first-order valence-electron chi connectivity index (χ1n) is 5.84. The highest BCUT2D eigenvalue weighted by Gasteiger charge is 2.23. The van der Waals surface area contributed by atoms with E-state index in [1.165, 1.54) is 0 Å². The van der Waals surface area contributed by atoms with Gasteiger partial charge in [-0.25, -0.2) is 0 Å². The van der Waals surface area contributed by atoms with Gasteiger partial charge >= 0.3 is 0 Å². The predicted octanol–water partition coefficient (Wildman–Crippen LogP) is 2.85. The van der Waals surface area contributed by atoms with Crippen LogP contribution in [0.15, 0.2) is 24.3 Å². The van der Waals surface area contributed by atoms with Crippen molar-refractivity contribution in [3.8, 4) is 11.8 Å². The molecule has 0 aromatic heterocycles. The zero-order valence-corrected chi connectivity index (χ0v) is 11.0. The van der Waals surface area contributed by atoms with Gasteiger partial charge in [-0.05, 0) is 38.2 Å². The van der Waals surface area contributed by atoms with Crippen LogP contribution < -0.4 is 4.74 Å². The highest BCUT2D eigenvalue weighted by molar-refractivity contribution is 5.31. The lowest BCUT2D eigenvalue weighted by atomic mass is 9.91. The first-order valence-corrected chi connectivity index (χ1v) is 5.84. The number of methoxy groups -OCH3 is 1. The van der Waals surface area contributed by atoms with Crippen molar-refractivity contribution in [3.63, 3.8) is 0 Å². The smallest absolute Gasteiger partial charge is 0.119 e. The molecule has 0 aliphatic heterocycles. The van der Waals surface area contributed by atoms with Gasteiger partial charge in [0.1, 0.15) is 5.75 Å². The van der Waals surface area contributed by atoms with Crippen LogP contribution in [0.1, 0.15) is 24.9 Å². The third-order valence-corrected chi connectivity index (χ3v) is 2.98. The molecule has 0 heterocycles. The van der Waals surface area contributed by atoms with Crippen LogP contribution in [0.5, 0.6) is 5.75 Å². The summed E-state index contributed by atoms with van der Waals surface area (Å²) in [4.78, 5) is 2.09. The lowest BCUT2D eigenvalue weighted by Crippen LogP contribution is -2.26. The lowest BCUT2D eigenvalue weighted by molar-refractivity contribution is 0.241. The lowest BCUT2D eigenvalue weighted by Gasteiger charge is -2.28. The van der Waals surface area contributed by atoms with E-state index >= 15 is 0 Å². The molecular formula is C14H20N2O. The normalized spacial score (nSPS) is 14.1. The fourth-order valence-corrected chi connectivity index (χ4v) is 2.10. The minimum absolute atomic E-state index is 0.00268. The second kappa shape index (κ2) is 6.27. The van der Waals surface area contributed by atoms with Crippen LogP contribution in [0.3, 0.4) is 0 Å². The van der Waals surface area contributed by atoms with Crippen LogP contribution in [0.25, 0.3) is 0 Å². The molecule has 1 aromatic carbocycles. The standard InChI is InChI=1S/C14H20N2O/c1-5-11(10-15)14(16(2)3)12-7-6-8-13(9-12)17-4/h6-9,11,14H,5H2,1-4H3. The van der Waals surface area contributed by atoms with Gasteiger partial charge in [0, 0.05) is 0 Å².